The van der Waals surface area contributed by atoms with Gasteiger partial charge in [0, 0.05) is 17.4 Å². The van der Waals surface area contributed by atoms with E-state index in [0.29, 0.717) is 18.5 Å². The van der Waals surface area contributed by atoms with Crippen molar-refractivity contribution < 1.29 is 19.5 Å². The fraction of sp³-hybridized carbons (Fsp3) is 0.471. The van der Waals surface area contributed by atoms with Crippen LogP contribution in [0, 0.1) is 5.92 Å². The fourth-order valence-electron chi connectivity index (χ4n) is 2.88. The number of hydrogen-bond donors (Lipinski definition) is 2. The van der Waals surface area contributed by atoms with Crippen LogP contribution in [0.2, 0.25) is 0 Å². The highest BCUT2D eigenvalue weighted by molar-refractivity contribution is 9.10. The van der Waals surface area contributed by atoms with Crippen molar-refractivity contribution in [3.05, 3.63) is 28.7 Å². The van der Waals surface area contributed by atoms with Crippen LogP contribution in [0.25, 0.3) is 0 Å². The van der Waals surface area contributed by atoms with Crippen molar-refractivity contribution >= 4 is 39.4 Å². The number of halogens is 1. The second kappa shape index (κ2) is 7.34. The molecule has 24 heavy (non-hydrogen) atoms. The topological polar surface area (TPSA) is 86.7 Å². The SMILES string of the molecule is CCCC(C)(NC(=O)C1CC(=O)N(c2ccccc2Br)C1)C(=O)O. The van der Waals surface area contributed by atoms with Crippen molar-refractivity contribution in [2.24, 2.45) is 5.92 Å². The first-order valence-electron chi connectivity index (χ1n) is 7.89. The van der Waals surface area contributed by atoms with Gasteiger partial charge in [0.15, 0.2) is 0 Å². The Labute approximate surface area is 149 Å². The average Bonchev–Trinajstić information content (AvgIpc) is 2.90. The van der Waals surface area contributed by atoms with E-state index >= 15 is 0 Å². The second-order valence-electron chi connectivity index (χ2n) is 6.23. The number of anilines is 1. The maximum Gasteiger partial charge on any atom is 0.329 e. The molecule has 0 saturated carbocycles. The number of carbonyl (C=O) groups excluding carboxylic acids is 2. The number of carboxylic acid groups (broad SMARTS) is 1. The summed E-state index contributed by atoms with van der Waals surface area (Å²) < 4.78 is 0.778. The zero-order valence-corrected chi connectivity index (χ0v) is 15.3. The largest absolute Gasteiger partial charge is 0.480 e. The molecular weight excluding hydrogens is 376 g/mol. The van der Waals surface area contributed by atoms with E-state index in [0.717, 1.165) is 4.47 Å². The molecule has 2 unspecified atom stereocenters. The van der Waals surface area contributed by atoms with Crippen LogP contribution in [-0.2, 0) is 14.4 Å². The number of carbonyl (C=O) groups is 3. The molecule has 130 valence electrons. The Morgan fingerprint density at radius 3 is 2.67 bits per heavy atom. The molecule has 1 heterocycles. The smallest absolute Gasteiger partial charge is 0.329 e. The predicted octanol–water partition coefficient (Wildman–Crippen LogP) is 2.56. The lowest BCUT2D eigenvalue weighted by Crippen LogP contribution is -2.54. The van der Waals surface area contributed by atoms with Crippen LogP contribution in [0.4, 0.5) is 5.69 Å². The first kappa shape index (κ1) is 18.4. The summed E-state index contributed by atoms with van der Waals surface area (Å²) in [4.78, 5) is 37.8. The summed E-state index contributed by atoms with van der Waals surface area (Å²) in [5, 5.41) is 12.0. The van der Waals surface area contributed by atoms with Crippen molar-refractivity contribution in [2.45, 2.75) is 38.6 Å². The average molecular weight is 397 g/mol. The third-order valence-corrected chi connectivity index (χ3v) is 4.93. The van der Waals surface area contributed by atoms with Gasteiger partial charge in [0.25, 0.3) is 0 Å². The number of rotatable bonds is 6. The van der Waals surface area contributed by atoms with E-state index in [1.54, 1.807) is 11.0 Å². The highest BCUT2D eigenvalue weighted by atomic mass is 79.9. The highest BCUT2D eigenvalue weighted by Gasteiger charge is 2.40. The van der Waals surface area contributed by atoms with Crippen LogP contribution < -0.4 is 10.2 Å². The van der Waals surface area contributed by atoms with Crippen LogP contribution in [0.3, 0.4) is 0 Å². The van der Waals surface area contributed by atoms with E-state index in [2.05, 4.69) is 21.2 Å². The number of aliphatic carboxylic acids is 1. The normalized spacial score (nSPS) is 19.9. The van der Waals surface area contributed by atoms with Gasteiger partial charge in [-0.15, -0.1) is 0 Å². The molecule has 0 radical (unpaired) electrons. The van der Waals surface area contributed by atoms with E-state index in [9.17, 15) is 19.5 Å². The molecule has 1 aromatic rings. The Morgan fingerprint density at radius 2 is 2.08 bits per heavy atom. The Kier molecular flexibility index (Phi) is 5.64. The maximum atomic E-state index is 12.5. The molecule has 1 aliphatic rings. The molecule has 0 spiro atoms. The van der Waals surface area contributed by atoms with Crippen LogP contribution in [0.15, 0.2) is 28.7 Å². The number of benzene rings is 1. The Hall–Kier alpha value is -1.89. The molecule has 2 atom stereocenters. The van der Waals surface area contributed by atoms with Crippen molar-refractivity contribution in [1.29, 1.82) is 0 Å². The van der Waals surface area contributed by atoms with Gasteiger partial charge in [0.1, 0.15) is 5.54 Å². The Balaban J connectivity index is 2.12. The van der Waals surface area contributed by atoms with Crippen LogP contribution in [0.1, 0.15) is 33.1 Å². The molecule has 7 heteroatoms. The Morgan fingerprint density at radius 1 is 1.42 bits per heavy atom. The van der Waals surface area contributed by atoms with Crippen LogP contribution in [-0.4, -0.2) is 35.0 Å². The van der Waals surface area contributed by atoms with Crippen molar-refractivity contribution in [3.63, 3.8) is 0 Å². The fourth-order valence-corrected chi connectivity index (χ4v) is 3.38. The molecule has 2 rings (SSSR count). The minimum atomic E-state index is -1.31. The van der Waals surface area contributed by atoms with E-state index < -0.39 is 23.3 Å². The summed E-state index contributed by atoms with van der Waals surface area (Å²) in [6.45, 7) is 3.61. The summed E-state index contributed by atoms with van der Waals surface area (Å²) in [7, 11) is 0. The number of para-hydroxylation sites is 1. The Bertz CT molecular complexity index is 664. The summed E-state index contributed by atoms with van der Waals surface area (Å²) in [6.07, 6.45) is 1.05. The number of amides is 2. The maximum absolute atomic E-state index is 12.5. The van der Waals surface area contributed by atoms with Gasteiger partial charge in [-0.05, 0) is 41.4 Å². The van der Waals surface area contributed by atoms with Crippen LogP contribution >= 0.6 is 15.9 Å². The summed E-state index contributed by atoms with van der Waals surface area (Å²) in [5.74, 6) is -2.16. The summed E-state index contributed by atoms with van der Waals surface area (Å²) in [5.41, 5.74) is -0.595. The predicted molar refractivity (Wildman–Crippen MR) is 93.7 cm³/mol. The van der Waals surface area contributed by atoms with Crippen molar-refractivity contribution in [2.75, 3.05) is 11.4 Å². The first-order chi connectivity index (χ1) is 11.3. The zero-order valence-electron chi connectivity index (χ0n) is 13.7. The van der Waals surface area contributed by atoms with E-state index in [-0.39, 0.29) is 18.9 Å². The number of hydrogen-bond acceptors (Lipinski definition) is 3. The standard InChI is InChI=1S/C17H21BrN2O4/c1-3-8-17(2,16(23)24)19-15(22)11-9-14(21)20(10-11)13-7-5-4-6-12(13)18/h4-7,11H,3,8-10H2,1-2H3,(H,19,22)(H,23,24). The first-order valence-corrected chi connectivity index (χ1v) is 8.68. The molecular formula is C17H21BrN2O4. The lowest BCUT2D eigenvalue weighted by atomic mass is 9.95. The molecule has 2 amide bonds. The van der Waals surface area contributed by atoms with Gasteiger partial charge in [-0.25, -0.2) is 4.79 Å². The number of nitrogens with one attached hydrogen (secondary N) is 1. The van der Waals surface area contributed by atoms with Gasteiger partial charge in [-0.2, -0.15) is 0 Å². The van der Waals surface area contributed by atoms with Crippen molar-refractivity contribution in [1.82, 2.24) is 5.32 Å². The van der Waals surface area contributed by atoms with E-state index in [1.165, 1.54) is 6.92 Å². The monoisotopic (exact) mass is 396 g/mol. The van der Waals surface area contributed by atoms with Gasteiger partial charge in [0.05, 0.1) is 11.6 Å². The molecule has 6 nitrogen and oxygen atoms in total. The third-order valence-electron chi connectivity index (χ3n) is 4.26. The molecule has 1 aliphatic heterocycles. The molecule has 1 saturated heterocycles. The minimum Gasteiger partial charge on any atom is -0.480 e. The van der Waals surface area contributed by atoms with Crippen molar-refractivity contribution in [3.8, 4) is 0 Å². The third kappa shape index (κ3) is 3.77. The molecule has 0 aliphatic carbocycles. The zero-order chi connectivity index (χ0) is 17.9. The second-order valence-corrected chi connectivity index (χ2v) is 7.09. The lowest BCUT2D eigenvalue weighted by molar-refractivity contribution is -0.147. The highest BCUT2D eigenvalue weighted by Crippen LogP contribution is 2.31. The van der Waals surface area contributed by atoms with Gasteiger partial charge in [0.2, 0.25) is 11.8 Å². The quantitative estimate of drug-likeness (QED) is 0.773. The minimum absolute atomic E-state index is 0.0784. The van der Waals surface area contributed by atoms with E-state index in [1.807, 2.05) is 25.1 Å². The lowest BCUT2D eigenvalue weighted by Gasteiger charge is -2.27. The molecule has 2 N–H and O–H groups in total. The molecule has 0 bridgehead atoms. The van der Waals surface area contributed by atoms with Gasteiger partial charge < -0.3 is 15.3 Å². The summed E-state index contributed by atoms with van der Waals surface area (Å²) >= 11 is 3.41. The van der Waals surface area contributed by atoms with Gasteiger partial charge >= 0.3 is 5.97 Å². The molecule has 0 aromatic heterocycles. The number of nitrogens with zero attached hydrogens (tertiary/aromatic N) is 1. The van der Waals surface area contributed by atoms with E-state index in [4.69, 9.17) is 0 Å². The molecule has 1 fully saturated rings. The van der Waals surface area contributed by atoms with Gasteiger partial charge in [-0.1, -0.05) is 25.5 Å². The summed E-state index contributed by atoms with van der Waals surface area (Å²) in [6, 6.07) is 7.31. The number of carboxylic acids is 1. The molecule has 1 aromatic carbocycles. The van der Waals surface area contributed by atoms with Gasteiger partial charge in [-0.3, -0.25) is 9.59 Å². The van der Waals surface area contributed by atoms with Crippen LogP contribution in [0.5, 0.6) is 0 Å².